The molecule has 0 N–H and O–H groups in total. The summed E-state index contributed by atoms with van der Waals surface area (Å²) in [5, 5.41) is 0. The van der Waals surface area contributed by atoms with Crippen LogP contribution in [0, 0.1) is 0 Å². The molecule has 1 saturated heterocycles. The Balaban J connectivity index is 2.02. The van der Waals surface area contributed by atoms with Gasteiger partial charge in [-0.3, -0.25) is 9.59 Å². The standard InChI is InChI=1S/C14H10N4O3/c19-12-9-13(20)18(11-6-2-4-8-16-11)14(21)17(12)10-5-1-3-7-15-10/h1-8H,9H2. The fourth-order valence-corrected chi connectivity index (χ4v) is 2.02. The van der Waals surface area contributed by atoms with Gasteiger partial charge in [0.05, 0.1) is 0 Å². The number of carbonyl (C=O) groups is 3. The molecule has 1 fully saturated rings. The molecule has 0 aliphatic carbocycles. The second-order valence-corrected chi connectivity index (χ2v) is 4.29. The second-order valence-electron chi connectivity index (χ2n) is 4.29. The Morgan fingerprint density at radius 2 is 1.24 bits per heavy atom. The van der Waals surface area contributed by atoms with Gasteiger partial charge in [-0.2, -0.15) is 0 Å². The van der Waals surface area contributed by atoms with Crippen molar-refractivity contribution in [2.24, 2.45) is 0 Å². The number of nitrogens with zero attached hydrogens (tertiary/aromatic N) is 4. The van der Waals surface area contributed by atoms with Gasteiger partial charge >= 0.3 is 6.03 Å². The van der Waals surface area contributed by atoms with Gasteiger partial charge in [-0.25, -0.2) is 24.6 Å². The number of rotatable bonds is 2. The average Bonchev–Trinajstić information content (AvgIpc) is 2.49. The highest BCUT2D eigenvalue weighted by Gasteiger charge is 2.40. The Hall–Kier alpha value is -3.09. The minimum Gasteiger partial charge on any atom is -0.273 e. The lowest BCUT2D eigenvalue weighted by Crippen LogP contribution is -2.56. The molecule has 0 unspecified atom stereocenters. The Bertz CT molecular complexity index is 643. The Morgan fingerprint density at radius 3 is 1.62 bits per heavy atom. The number of amides is 4. The zero-order valence-electron chi connectivity index (χ0n) is 10.8. The first kappa shape index (κ1) is 12.9. The molecule has 0 spiro atoms. The minimum atomic E-state index is -0.770. The van der Waals surface area contributed by atoms with Crippen LogP contribution in [-0.2, 0) is 9.59 Å². The van der Waals surface area contributed by atoms with Crippen LogP contribution in [0.2, 0.25) is 0 Å². The molecule has 2 aromatic rings. The van der Waals surface area contributed by atoms with E-state index in [1.807, 2.05) is 0 Å². The number of imide groups is 2. The van der Waals surface area contributed by atoms with Crippen LogP contribution in [0.15, 0.2) is 48.8 Å². The maximum atomic E-state index is 12.5. The molecule has 7 heteroatoms. The summed E-state index contributed by atoms with van der Waals surface area (Å²) in [6.07, 6.45) is 2.54. The number of pyridine rings is 2. The van der Waals surface area contributed by atoms with Gasteiger partial charge in [0.2, 0.25) is 11.8 Å². The van der Waals surface area contributed by atoms with E-state index in [9.17, 15) is 14.4 Å². The van der Waals surface area contributed by atoms with Crippen molar-refractivity contribution in [1.29, 1.82) is 0 Å². The van der Waals surface area contributed by atoms with Gasteiger partial charge in [-0.15, -0.1) is 0 Å². The smallest absolute Gasteiger partial charge is 0.273 e. The molecular weight excluding hydrogens is 272 g/mol. The van der Waals surface area contributed by atoms with E-state index >= 15 is 0 Å². The molecule has 3 rings (SSSR count). The van der Waals surface area contributed by atoms with Crippen molar-refractivity contribution < 1.29 is 14.4 Å². The molecule has 1 aliphatic rings. The van der Waals surface area contributed by atoms with Gasteiger partial charge in [0.25, 0.3) is 0 Å². The quantitative estimate of drug-likeness (QED) is 0.777. The number of anilines is 2. The minimum absolute atomic E-state index is 0.181. The fourth-order valence-electron chi connectivity index (χ4n) is 2.02. The van der Waals surface area contributed by atoms with E-state index in [0.29, 0.717) is 0 Å². The largest absolute Gasteiger partial charge is 0.345 e. The van der Waals surface area contributed by atoms with Crippen molar-refractivity contribution in [1.82, 2.24) is 9.97 Å². The molecular formula is C14H10N4O3. The fraction of sp³-hybridized carbons (Fsp3) is 0.0714. The Kier molecular flexibility index (Phi) is 3.15. The van der Waals surface area contributed by atoms with Gasteiger partial charge in [0.15, 0.2) is 0 Å². The van der Waals surface area contributed by atoms with E-state index in [2.05, 4.69) is 9.97 Å². The maximum Gasteiger partial charge on any atom is 0.345 e. The van der Waals surface area contributed by atoms with Gasteiger partial charge in [-0.1, -0.05) is 12.1 Å². The van der Waals surface area contributed by atoms with Crippen LogP contribution in [-0.4, -0.2) is 27.8 Å². The molecule has 7 nitrogen and oxygen atoms in total. The monoisotopic (exact) mass is 282 g/mol. The van der Waals surface area contributed by atoms with E-state index < -0.39 is 24.3 Å². The lowest BCUT2D eigenvalue weighted by molar-refractivity contribution is -0.126. The average molecular weight is 282 g/mol. The summed E-state index contributed by atoms with van der Waals surface area (Å²) in [7, 11) is 0. The van der Waals surface area contributed by atoms with Crippen LogP contribution in [0.5, 0.6) is 0 Å². The molecule has 0 aromatic carbocycles. The molecule has 4 amide bonds. The highest BCUT2D eigenvalue weighted by Crippen LogP contribution is 2.23. The summed E-state index contributed by atoms with van der Waals surface area (Å²) in [6, 6.07) is 8.95. The van der Waals surface area contributed by atoms with Crippen LogP contribution >= 0.6 is 0 Å². The van der Waals surface area contributed by atoms with E-state index in [1.54, 1.807) is 24.3 Å². The SMILES string of the molecule is O=C1CC(=O)N(c2ccccn2)C(=O)N1c1ccccn1. The third kappa shape index (κ3) is 2.25. The first-order valence-corrected chi connectivity index (χ1v) is 6.20. The van der Waals surface area contributed by atoms with E-state index in [0.717, 1.165) is 9.80 Å². The van der Waals surface area contributed by atoms with Crippen LogP contribution in [0.25, 0.3) is 0 Å². The zero-order valence-corrected chi connectivity index (χ0v) is 10.8. The lowest BCUT2D eigenvalue weighted by atomic mass is 10.2. The number of barbiturate groups is 1. The number of urea groups is 1. The summed E-state index contributed by atoms with van der Waals surface area (Å²) in [5.74, 6) is -0.839. The first-order chi connectivity index (χ1) is 10.2. The number of aromatic nitrogens is 2. The van der Waals surface area contributed by atoms with Crippen LogP contribution in [0.3, 0.4) is 0 Å². The highest BCUT2D eigenvalue weighted by molar-refractivity contribution is 6.34. The van der Waals surface area contributed by atoms with Gasteiger partial charge in [-0.05, 0) is 24.3 Å². The molecule has 3 heterocycles. The Labute approximate surface area is 119 Å². The normalized spacial score (nSPS) is 15.5. The maximum absolute atomic E-state index is 12.5. The molecule has 0 radical (unpaired) electrons. The molecule has 0 bridgehead atoms. The topological polar surface area (TPSA) is 83.5 Å². The number of hydrogen-bond donors (Lipinski definition) is 0. The molecule has 2 aromatic heterocycles. The molecule has 104 valence electrons. The first-order valence-electron chi connectivity index (χ1n) is 6.20. The molecule has 1 aliphatic heterocycles. The van der Waals surface area contributed by atoms with E-state index in [1.165, 1.54) is 24.5 Å². The van der Waals surface area contributed by atoms with Crippen LogP contribution in [0.4, 0.5) is 16.4 Å². The predicted octanol–water partition coefficient (Wildman–Crippen LogP) is 1.37. The van der Waals surface area contributed by atoms with E-state index in [-0.39, 0.29) is 11.6 Å². The van der Waals surface area contributed by atoms with Crippen molar-refractivity contribution in [2.45, 2.75) is 6.42 Å². The molecule has 0 saturated carbocycles. The summed E-state index contributed by atoms with van der Waals surface area (Å²) < 4.78 is 0. The van der Waals surface area contributed by atoms with Crippen molar-refractivity contribution in [3.63, 3.8) is 0 Å². The Morgan fingerprint density at radius 1 is 0.762 bits per heavy atom. The summed E-state index contributed by atoms with van der Waals surface area (Å²) in [6.45, 7) is 0. The van der Waals surface area contributed by atoms with E-state index in [4.69, 9.17) is 0 Å². The zero-order chi connectivity index (χ0) is 14.8. The molecule has 21 heavy (non-hydrogen) atoms. The molecule has 0 atom stereocenters. The van der Waals surface area contributed by atoms with Gasteiger partial charge in [0.1, 0.15) is 18.1 Å². The second kappa shape index (κ2) is 5.12. The van der Waals surface area contributed by atoms with Crippen molar-refractivity contribution >= 4 is 29.5 Å². The summed E-state index contributed by atoms with van der Waals surface area (Å²) >= 11 is 0. The van der Waals surface area contributed by atoms with Gasteiger partial charge < -0.3 is 0 Å². The van der Waals surface area contributed by atoms with Crippen LogP contribution < -0.4 is 9.80 Å². The third-order valence-electron chi connectivity index (χ3n) is 2.94. The summed E-state index contributed by atoms with van der Waals surface area (Å²) in [4.78, 5) is 46.2. The highest BCUT2D eigenvalue weighted by atomic mass is 16.2. The number of hydrogen-bond acceptors (Lipinski definition) is 5. The lowest BCUT2D eigenvalue weighted by Gasteiger charge is -2.31. The van der Waals surface area contributed by atoms with Crippen molar-refractivity contribution in [3.8, 4) is 0 Å². The van der Waals surface area contributed by atoms with Gasteiger partial charge in [0, 0.05) is 12.4 Å². The third-order valence-corrected chi connectivity index (χ3v) is 2.94. The van der Waals surface area contributed by atoms with Crippen molar-refractivity contribution in [2.75, 3.05) is 9.80 Å². The van der Waals surface area contributed by atoms with Crippen molar-refractivity contribution in [3.05, 3.63) is 48.8 Å². The summed E-state index contributed by atoms with van der Waals surface area (Å²) in [5.41, 5.74) is 0. The predicted molar refractivity (Wildman–Crippen MR) is 73.5 cm³/mol. The number of carbonyl (C=O) groups excluding carboxylic acids is 3. The van der Waals surface area contributed by atoms with Crippen LogP contribution in [0.1, 0.15) is 6.42 Å².